The molecule has 1 aliphatic heterocycles. The summed E-state index contributed by atoms with van der Waals surface area (Å²) in [7, 11) is 1.54. The number of rotatable bonds is 4. The lowest BCUT2D eigenvalue weighted by atomic mass is 9.99. The molecule has 0 saturated carbocycles. The van der Waals surface area contributed by atoms with Gasteiger partial charge in [-0.05, 0) is 37.0 Å². The van der Waals surface area contributed by atoms with Gasteiger partial charge >= 0.3 is 0 Å². The third-order valence-electron chi connectivity index (χ3n) is 3.96. The van der Waals surface area contributed by atoms with E-state index in [0.29, 0.717) is 35.5 Å². The molecule has 122 valence electrons. The Bertz CT molecular complexity index is 644. The van der Waals surface area contributed by atoms with E-state index in [2.05, 4.69) is 12.2 Å². The van der Waals surface area contributed by atoms with Crippen molar-refractivity contribution in [3.05, 3.63) is 35.0 Å². The molecule has 0 aliphatic carbocycles. The fourth-order valence-electron chi connectivity index (χ4n) is 2.44. The zero-order valence-corrected chi connectivity index (χ0v) is 14.1. The number of nitrogens with one attached hydrogen (secondary N) is 1. The first-order chi connectivity index (χ1) is 11.0. The number of ether oxygens (including phenoxy) is 1. The maximum absolute atomic E-state index is 12.4. The molecule has 1 N–H and O–H groups in total. The standard InChI is InChI=1S/C17H20ClN3O2/c1-12-5-7-21(8-6-12)17(22)13(10-19)11-20-14-3-4-16(23-2)15(18)9-14/h3-4,9,11-12,20H,5-8H2,1-2H3/b13-11-. The van der Waals surface area contributed by atoms with Crippen LogP contribution in [0.25, 0.3) is 0 Å². The molecule has 0 bridgehead atoms. The second-order valence-electron chi connectivity index (χ2n) is 5.64. The first-order valence-corrected chi connectivity index (χ1v) is 7.92. The van der Waals surface area contributed by atoms with Crippen molar-refractivity contribution < 1.29 is 9.53 Å². The van der Waals surface area contributed by atoms with Crippen LogP contribution < -0.4 is 10.1 Å². The number of nitrogens with zero attached hydrogens (tertiary/aromatic N) is 2. The minimum Gasteiger partial charge on any atom is -0.495 e. The van der Waals surface area contributed by atoms with Crippen molar-refractivity contribution in [3.8, 4) is 11.8 Å². The molecule has 2 rings (SSSR count). The van der Waals surface area contributed by atoms with Gasteiger partial charge in [-0.1, -0.05) is 18.5 Å². The van der Waals surface area contributed by atoms with Crippen molar-refractivity contribution in [2.75, 3.05) is 25.5 Å². The highest BCUT2D eigenvalue weighted by Gasteiger charge is 2.22. The summed E-state index contributed by atoms with van der Waals surface area (Å²) >= 11 is 6.05. The number of hydrogen-bond donors (Lipinski definition) is 1. The first-order valence-electron chi connectivity index (χ1n) is 7.54. The van der Waals surface area contributed by atoms with Crippen LogP contribution in [-0.4, -0.2) is 31.0 Å². The molecule has 1 saturated heterocycles. The number of benzene rings is 1. The zero-order chi connectivity index (χ0) is 16.8. The molecule has 1 amide bonds. The van der Waals surface area contributed by atoms with E-state index in [4.69, 9.17) is 16.3 Å². The van der Waals surface area contributed by atoms with Crippen molar-refractivity contribution in [3.63, 3.8) is 0 Å². The molecule has 6 heteroatoms. The lowest BCUT2D eigenvalue weighted by Crippen LogP contribution is -2.38. The average molecular weight is 334 g/mol. The molecule has 1 heterocycles. The van der Waals surface area contributed by atoms with Crippen LogP contribution in [0.1, 0.15) is 19.8 Å². The monoisotopic (exact) mass is 333 g/mol. The van der Waals surface area contributed by atoms with Crippen LogP contribution in [0, 0.1) is 17.2 Å². The Hall–Kier alpha value is -2.19. The van der Waals surface area contributed by atoms with Crippen LogP contribution in [0.2, 0.25) is 5.02 Å². The quantitative estimate of drug-likeness (QED) is 0.677. The van der Waals surface area contributed by atoms with Crippen LogP contribution in [0.3, 0.4) is 0 Å². The normalized spacial score (nSPS) is 15.9. The van der Waals surface area contributed by atoms with Crippen molar-refractivity contribution in [2.24, 2.45) is 5.92 Å². The minimum atomic E-state index is -0.230. The minimum absolute atomic E-state index is 0.0893. The molecule has 1 fully saturated rings. The number of anilines is 1. The van der Waals surface area contributed by atoms with Gasteiger partial charge in [0, 0.05) is 25.0 Å². The topological polar surface area (TPSA) is 65.4 Å². The zero-order valence-electron chi connectivity index (χ0n) is 13.3. The van der Waals surface area contributed by atoms with Gasteiger partial charge in [-0.15, -0.1) is 0 Å². The molecule has 1 aliphatic rings. The van der Waals surface area contributed by atoms with Gasteiger partial charge < -0.3 is 15.0 Å². The summed E-state index contributed by atoms with van der Waals surface area (Å²) < 4.78 is 5.08. The van der Waals surface area contributed by atoms with Gasteiger partial charge in [-0.3, -0.25) is 4.79 Å². The number of amides is 1. The molecule has 0 aromatic heterocycles. The number of piperidine rings is 1. The fraction of sp³-hybridized carbons (Fsp3) is 0.412. The number of carbonyl (C=O) groups excluding carboxylic acids is 1. The average Bonchev–Trinajstić information content (AvgIpc) is 2.56. The predicted octanol–water partition coefficient (Wildman–Crippen LogP) is 3.43. The van der Waals surface area contributed by atoms with Crippen LogP contribution >= 0.6 is 11.6 Å². The molecule has 5 nitrogen and oxygen atoms in total. The van der Waals surface area contributed by atoms with Gasteiger partial charge in [-0.2, -0.15) is 5.26 Å². The van der Waals surface area contributed by atoms with Gasteiger partial charge in [-0.25, -0.2) is 0 Å². The fourth-order valence-corrected chi connectivity index (χ4v) is 2.69. The van der Waals surface area contributed by atoms with Crippen molar-refractivity contribution in [1.29, 1.82) is 5.26 Å². The predicted molar refractivity (Wildman–Crippen MR) is 90.3 cm³/mol. The Morgan fingerprint density at radius 1 is 1.48 bits per heavy atom. The molecular formula is C17H20ClN3O2. The third-order valence-corrected chi connectivity index (χ3v) is 4.25. The van der Waals surface area contributed by atoms with Gasteiger partial charge in [0.1, 0.15) is 17.4 Å². The molecular weight excluding hydrogens is 314 g/mol. The Morgan fingerprint density at radius 2 is 2.17 bits per heavy atom. The lowest BCUT2D eigenvalue weighted by Gasteiger charge is -2.30. The van der Waals surface area contributed by atoms with E-state index >= 15 is 0 Å². The summed E-state index contributed by atoms with van der Waals surface area (Å²) in [5, 5.41) is 12.6. The molecule has 0 spiro atoms. The molecule has 1 aromatic rings. The summed E-state index contributed by atoms with van der Waals surface area (Å²) in [4.78, 5) is 14.1. The highest BCUT2D eigenvalue weighted by molar-refractivity contribution is 6.32. The smallest absolute Gasteiger partial charge is 0.266 e. The molecule has 0 unspecified atom stereocenters. The number of carbonyl (C=O) groups is 1. The van der Waals surface area contributed by atoms with Crippen LogP contribution in [0.4, 0.5) is 5.69 Å². The van der Waals surface area contributed by atoms with Gasteiger partial charge in [0.2, 0.25) is 0 Å². The highest BCUT2D eigenvalue weighted by atomic mass is 35.5. The maximum Gasteiger partial charge on any atom is 0.266 e. The second-order valence-corrected chi connectivity index (χ2v) is 6.05. The van der Waals surface area contributed by atoms with Gasteiger partial charge in [0.05, 0.1) is 12.1 Å². The SMILES string of the molecule is COc1ccc(N/C=C(/C#N)C(=O)N2CCC(C)CC2)cc1Cl. The Labute approximate surface area is 141 Å². The Balaban J connectivity index is 2.05. The lowest BCUT2D eigenvalue weighted by molar-refractivity contribution is -0.128. The van der Waals surface area contributed by atoms with E-state index in [-0.39, 0.29) is 11.5 Å². The second kappa shape index (κ2) is 7.89. The summed E-state index contributed by atoms with van der Waals surface area (Å²) in [5.41, 5.74) is 0.773. The van der Waals surface area contributed by atoms with E-state index in [1.54, 1.807) is 30.2 Å². The Morgan fingerprint density at radius 3 is 2.74 bits per heavy atom. The van der Waals surface area contributed by atoms with E-state index < -0.39 is 0 Å². The van der Waals surface area contributed by atoms with Crippen molar-refractivity contribution >= 4 is 23.2 Å². The van der Waals surface area contributed by atoms with E-state index in [1.165, 1.54) is 6.20 Å². The first kappa shape index (κ1) is 17.2. The summed E-state index contributed by atoms with van der Waals surface area (Å²) in [6, 6.07) is 7.13. The van der Waals surface area contributed by atoms with E-state index in [1.807, 2.05) is 6.07 Å². The summed E-state index contributed by atoms with van der Waals surface area (Å²) in [6.45, 7) is 3.58. The maximum atomic E-state index is 12.4. The van der Waals surface area contributed by atoms with Gasteiger partial charge in [0.25, 0.3) is 5.91 Å². The summed E-state index contributed by atoms with van der Waals surface area (Å²) in [6.07, 6.45) is 3.39. The highest BCUT2D eigenvalue weighted by Crippen LogP contribution is 2.27. The number of nitriles is 1. The van der Waals surface area contributed by atoms with Crippen molar-refractivity contribution in [2.45, 2.75) is 19.8 Å². The Kier molecular flexibility index (Phi) is 5.89. The van der Waals surface area contributed by atoms with E-state index in [9.17, 15) is 10.1 Å². The molecule has 23 heavy (non-hydrogen) atoms. The third kappa shape index (κ3) is 4.40. The number of likely N-dealkylation sites (tertiary alicyclic amines) is 1. The van der Waals surface area contributed by atoms with Crippen LogP contribution in [-0.2, 0) is 4.79 Å². The van der Waals surface area contributed by atoms with Crippen molar-refractivity contribution in [1.82, 2.24) is 4.90 Å². The number of hydrogen-bond acceptors (Lipinski definition) is 4. The number of methoxy groups -OCH3 is 1. The number of halogens is 1. The molecule has 1 aromatic carbocycles. The van der Waals surface area contributed by atoms with Crippen LogP contribution in [0.5, 0.6) is 5.75 Å². The molecule has 0 radical (unpaired) electrons. The summed E-state index contributed by atoms with van der Waals surface area (Å²) in [5.74, 6) is 0.972. The largest absolute Gasteiger partial charge is 0.495 e. The van der Waals surface area contributed by atoms with Crippen LogP contribution in [0.15, 0.2) is 30.0 Å². The van der Waals surface area contributed by atoms with E-state index in [0.717, 1.165) is 12.8 Å². The van der Waals surface area contributed by atoms with Gasteiger partial charge in [0.15, 0.2) is 0 Å². The molecule has 0 atom stereocenters.